The SMILES string of the molecule is Nc1c(I)cnn1C1CCN2CCCCC12. The first-order valence-electron chi connectivity index (χ1n) is 6.00. The van der Waals surface area contributed by atoms with Crippen LogP contribution in [-0.4, -0.2) is 33.8 Å². The molecule has 3 rings (SSSR count). The molecule has 2 atom stereocenters. The Labute approximate surface area is 109 Å². The lowest BCUT2D eigenvalue weighted by atomic mass is 9.99. The van der Waals surface area contributed by atoms with Gasteiger partial charge in [0.25, 0.3) is 0 Å². The van der Waals surface area contributed by atoms with E-state index in [1.165, 1.54) is 38.8 Å². The summed E-state index contributed by atoms with van der Waals surface area (Å²) in [6.45, 7) is 2.48. The molecule has 0 bridgehead atoms. The summed E-state index contributed by atoms with van der Waals surface area (Å²) in [7, 11) is 0. The first-order chi connectivity index (χ1) is 7.77. The number of nitrogen functional groups attached to an aromatic ring is 1. The molecule has 2 aliphatic heterocycles. The third kappa shape index (κ3) is 1.64. The lowest BCUT2D eigenvalue weighted by molar-refractivity contribution is 0.170. The topological polar surface area (TPSA) is 47.1 Å². The number of halogens is 1. The van der Waals surface area contributed by atoms with Crippen molar-refractivity contribution in [2.45, 2.75) is 37.8 Å². The highest BCUT2D eigenvalue weighted by Crippen LogP contribution is 2.36. The number of nitrogens with zero attached hydrogens (tertiary/aromatic N) is 3. The Morgan fingerprint density at radius 3 is 2.88 bits per heavy atom. The Bertz CT molecular complexity index is 389. The fraction of sp³-hybridized carbons (Fsp3) is 0.727. The third-order valence-corrected chi connectivity index (χ3v) is 4.75. The third-order valence-electron chi connectivity index (χ3n) is 3.92. The van der Waals surface area contributed by atoms with E-state index in [9.17, 15) is 0 Å². The van der Waals surface area contributed by atoms with Crippen LogP contribution in [-0.2, 0) is 0 Å². The van der Waals surface area contributed by atoms with Gasteiger partial charge in [-0.15, -0.1) is 0 Å². The van der Waals surface area contributed by atoms with Crippen molar-refractivity contribution in [3.8, 4) is 0 Å². The van der Waals surface area contributed by atoms with E-state index in [0.717, 1.165) is 9.39 Å². The molecule has 0 saturated carbocycles. The van der Waals surface area contributed by atoms with Crippen LogP contribution in [0.4, 0.5) is 5.82 Å². The number of hydrogen-bond donors (Lipinski definition) is 1. The molecule has 0 amide bonds. The fourth-order valence-corrected chi connectivity index (χ4v) is 3.49. The van der Waals surface area contributed by atoms with Gasteiger partial charge in [0.2, 0.25) is 0 Å². The van der Waals surface area contributed by atoms with Crippen molar-refractivity contribution in [1.29, 1.82) is 0 Å². The van der Waals surface area contributed by atoms with Crippen LogP contribution in [0.15, 0.2) is 6.20 Å². The summed E-state index contributed by atoms with van der Waals surface area (Å²) in [5.41, 5.74) is 6.08. The van der Waals surface area contributed by atoms with Gasteiger partial charge in [-0.05, 0) is 48.4 Å². The van der Waals surface area contributed by atoms with E-state index in [1.807, 2.05) is 6.20 Å². The van der Waals surface area contributed by atoms with Gasteiger partial charge in [-0.1, -0.05) is 6.42 Å². The van der Waals surface area contributed by atoms with Gasteiger partial charge in [0, 0.05) is 12.6 Å². The average Bonchev–Trinajstić information content (AvgIpc) is 2.85. The monoisotopic (exact) mass is 332 g/mol. The number of anilines is 1. The van der Waals surface area contributed by atoms with Crippen LogP contribution in [0.2, 0.25) is 0 Å². The molecule has 4 nitrogen and oxygen atoms in total. The number of hydrogen-bond acceptors (Lipinski definition) is 3. The molecule has 3 heterocycles. The van der Waals surface area contributed by atoms with E-state index in [1.54, 1.807) is 0 Å². The van der Waals surface area contributed by atoms with Gasteiger partial charge in [0.1, 0.15) is 5.82 Å². The summed E-state index contributed by atoms with van der Waals surface area (Å²) in [6, 6.07) is 1.18. The van der Waals surface area contributed by atoms with Crippen molar-refractivity contribution in [3.05, 3.63) is 9.77 Å². The van der Waals surface area contributed by atoms with Gasteiger partial charge in [0.05, 0.1) is 15.8 Å². The number of fused-ring (bicyclic) bond motifs is 1. The maximum atomic E-state index is 6.08. The number of aromatic nitrogens is 2. The molecule has 1 aromatic heterocycles. The predicted molar refractivity (Wildman–Crippen MR) is 72.2 cm³/mol. The Hall–Kier alpha value is -0.300. The molecule has 0 aliphatic carbocycles. The smallest absolute Gasteiger partial charge is 0.135 e. The van der Waals surface area contributed by atoms with E-state index < -0.39 is 0 Å². The highest BCUT2D eigenvalue weighted by atomic mass is 127. The van der Waals surface area contributed by atoms with Crippen molar-refractivity contribution in [2.75, 3.05) is 18.8 Å². The van der Waals surface area contributed by atoms with Gasteiger partial charge in [-0.2, -0.15) is 5.10 Å². The number of piperidine rings is 1. The minimum atomic E-state index is 0.504. The molecule has 2 N–H and O–H groups in total. The van der Waals surface area contributed by atoms with E-state index in [-0.39, 0.29) is 0 Å². The second-order valence-electron chi connectivity index (χ2n) is 4.78. The molecule has 2 saturated heterocycles. The quantitative estimate of drug-likeness (QED) is 0.799. The highest BCUT2D eigenvalue weighted by molar-refractivity contribution is 14.1. The number of rotatable bonds is 1. The summed E-state index contributed by atoms with van der Waals surface area (Å²) >= 11 is 2.26. The van der Waals surface area contributed by atoms with Crippen molar-refractivity contribution >= 4 is 28.4 Å². The second kappa shape index (κ2) is 4.18. The fourth-order valence-electron chi connectivity index (χ4n) is 3.12. The van der Waals surface area contributed by atoms with Crippen LogP contribution in [0.3, 0.4) is 0 Å². The first-order valence-corrected chi connectivity index (χ1v) is 7.08. The van der Waals surface area contributed by atoms with Crippen molar-refractivity contribution < 1.29 is 0 Å². The van der Waals surface area contributed by atoms with Gasteiger partial charge in [-0.25, -0.2) is 4.68 Å². The highest BCUT2D eigenvalue weighted by Gasteiger charge is 2.37. The molecule has 16 heavy (non-hydrogen) atoms. The zero-order chi connectivity index (χ0) is 11.1. The van der Waals surface area contributed by atoms with Gasteiger partial charge in [-0.3, -0.25) is 4.90 Å². The van der Waals surface area contributed by atoms with Gasteiger partial charge >= 0.3 is 0 Å². The minimum Gasteiger partial charge on any atom is -0.383 e. The van der Waals surface area contributed by atoms with Crippen molar-refractivity contribution in [2.24, 2.45) is 0 Å². The summed E-state index contributed by atoms with van der Waals surface area (Å²) in [5.74, 6) is 0.845. The zero-order valence-electron chi connectivity index (χ0n) is 9.27. The van der Waals surface area contributed by atoms with E-state index >= 15 is 0 Å². The number of nitrogens with two attached hydrogens (primary N) is 1. The lowest BCUT2D eigenvalue weighted by Crippen LogP contribution is -2.38. The van der Waals surface area contributed by atoms with E-state index in [4.69, 9.17) is 5.73 Å². The largest absolute Gasteiger partial charge is 0.383 e. The minimum absolute atomic E-state index is 0.504. The Kier molecular flexibility index (Phi) is 2.83. The van der Waals surface area contributed by atoms with Gasteiger partial charge < -0.3 is 5.73 Å². The van der Waals surface area contributed by atoms with Crippen LogP contribution in [0.5, 0.6) is 0 Å². The molecule has 0 radical (unpaired) electrons. The van der Waals surface area contributed by atoms with E-state index in [2.05, 4.69) is 37.3 Å². The zero-order valence-corrected chi connectivity index (χ0v) is 11.4. The molecule has 2 aliphatic rings. The Morgan fingerprint density at radius 2 is 2.12 bits per heavy atom. The molecule has 5 heteroatoms. The summed E-state index contributed by atoms with van der Waals surface area (Å²) in [4.78, 5) is 2.61. The molecule has 2 unspecified atom stereocenters. The predicted octanol–water partition coefficient (Wildman–Crippen LogP) is 1.87. The molecule has 0 aromatic carbocycles. The molecule has 0 spiro atoms. The summed E-state index contributed by atoms with van der Waals surface area (Å²) in [6.07, 6.45) is 7.10. The second-order valence-corrected chi connectivity index (χ2v) is 5.94. The maximum Gasteiger partial charge on any atom is 0.135 e. The average molecular weight is 332 g/mol. The van der Waals surface area contributed by atoms with Crippen LogP contribution in [0, 0.1) is 3.57 Å². The van der Waals surface area contributed by atoms with Crippen LogP contribution in [0.25, 0.3) is 0 Å². The van der Waals surface area contributed by atoms with Crippen molar-refractivity contribution in [1.82, 2.24) is 14.7 Å². The van der Waals surface area contributed by atoms with Crippen LogP contribution >= 0.6 is 22.6 Å². The summed E-state index contributed by atoms with van der Waals surface area (Å²) in [5, 5.41) is 4.45. The molecule has 88 valence electrons. The molecular weight excluding hydrogens is 315 g/mol. The normalized spacial score (nSPS) is 30.6. The first kappa shape index (κ1) is 10.8. The van der Waals surface area contributed by atoms with Crippen molar-refractivity contribution in [3.63, 3.8) is 0 Å². The molecule has 1 aromatic rings. The maximum absolute atomic E-state index is 6.08. The van der Waals surface area contributed by atoms with Crippen LogP contribution in [0.1, 0.15) is 31.7 Å². The Morgan fingerprint density at radius 1 is 1.25 bits per heavy atom. The lowest BCUT2D eigenvalue weighted by Gasteiger charge is -2.32. The molecular formula is C11H17IN4. The van der Waals surface area contributed by atoms with Gasteiger partial charge in [0.15, 0.2) is 0 Å². The Balaban J connectivity index is 1.87. The van der Waals surface area contributed by atoms with E-state index in [0.29, 0.717) is 12.1 Å². The van der Waals surface area contributed by atoms with Crippen LogP contribution < -0.4 is 5.73 Å². The molecule has 2 fully saturated rings. The summed E-state index contributed by atoms with van der Waals surface area (Å²) < 4.78 is 3.13. The standard InChI is InChI=1S/C11H17IN4/c12-8-7-14-16(11(8)13)10-4-6-15-5-2-1-3-9(10)15/h7,9-10H,1-6,13H2.